The first kappa shape index (κ1) is 11.3. The second-order valence-electron chi connectivity index (χ2n) is 3.13. The number of hydrogen-bond donors (Lipinski definition) is 1. The van der Waals surface area contributed by atoms with Crippen LogP contribution in [0, 0.1) is 5.82 Å². The highest BCUT2D eigenvalue weighted by atomic mass is 79.9. The summed E-state index contributed by atoms with van der Waals surface area (Å²) in [6.07, 6.45) is 0. The van der Waals surface area contributed by atoms with Gasteiger partial charge in [0.25, 0.3) is 0 Å². The predicted molar refractivity (Wildman–Crippen MR) is 62.6 cm³/mol. The van der Waals surface area contributed by atoms with Crippen molar-refractivity contribution in [3.8, 4) is 0 Å². The van der Waals surface area contributed by atoms with Gasteiger partial charge in [0.1, 0.15) is 5.82 Å². The molecule has 4 nitrogen and oxygen atoms in total. The summed E-state index contributed by atoms with van der Waals surface area (Å²) < 4.78 is 15.0. The molecule has 0 aliphatic carbocycles. The Labute approximate surface area is 104 Å². The average molecular weight is 306 g/mol. The van der Waals surface area contributed by atoms with Gasteiger partial charge < -0.3 is 5.73 Å². The van der Waals surface area contributed by atoms with Crippen molar-refractivity contribution in [1.29, 1.82) is 0 Å². The number of nitrogens with zero attached hydrogens (tertiary/aromatic N) is 3. The molecule has 84 valence electrons. The standard InChI is InChI=1S/C9H7BrClFN4/c10-8-14-9(13)15-16(8)4-5-3-6(12)1-2-7(5)11/h1-3H,4H2,(H2,13,15). The summed E-state index contributed by atoms with van der Waals surface area (Å²) in [5.74, 6) is -0.192. The lowest BCUT2D eigenvalue weighted by atomic mass is 10.2. The van der Waals surface area contributed by atoms with Gasteiger partial charge in [-0.15, -0.1) is 5.10 Å². The Balaban J connectivity index is 2.33. The lowest BCUT2D eigenvalue weighted by Crippen LogP contribution is -2.03. The first-order valence-electron chi connectivity index (χ1n) is 4.36. The van der Waals surface area contributed by atoms with Crippen LogP contribution in [-0.2, 0) is 6.54 Å². The van der Waals surface area contributed by atoms with Gasteiger partial charge in [-0.25, -0.2) is 9.07 Å². The van der Waals surface area contributed by atoms with Gasteiger partial charge in [-0.3, -0.25) is 0 Å². The smallest absolute Gasteiger partial charge is 0.240 e. The van der Waals surface area contributed by atoms with Crippen LogP contribution in [0.25, 0.3) is 0 Å². The summed E-state index contributed by atoms with van der Waals surface area (Å²) >= 11 is 9.12. The minimum Gasteiger partial charge on any atom is -0.366 e. The fourth-order valence-electron chi connectivity index (χ4n) is 1.27. The third kappa shape index (κ3) is 2.33. The molecule has 0 bridgehead atoms. The molecular formula is C9H7BrClFN4. The van der Waals surface area contributed by atoms with E-state index < -0.39 is 0 Å². The van der Waals surface area contributed by atoms with Crippen LogP contribution in [-0.4, -0.2) is 14.8 Å². The van der Waals surface area contributed by atoms with Crippen molar-refractivity contribution in [1.82, 2.24) is 14.8 Å². The van der Waals surface area contributed by atoms with Crippen molar-refractivity contribution < 1.29 is 4.39 Å². The Kier molecular flexibility index (Phi) is 3.11. The van der Waals surface area contributed by atoms with Gasteiger partial charge in [0, 0.05) is 5.02 Å². The molecule has 0 radical (unpaired) electrons. The molecule has 0 amide bonds. The van der Waals surface area contributed by atoms with E-state index in [-0.39, 0.29) is 11.8 Å². The van der Waals surface area contributed by atoms with E-state index in [9.17, 15) is 4.39 Å². The highest BCUT2D eigenvalue weighted by molar-refractivity contribution is 9.10. The van der Waals surface area contributed by atoms with Gasteiger partial charge in [0.05, 0.1) is 6.54 Å². The maximum absolute atomic E-state index is 13.0. The van der Waals surface area contributed by atoms with Gasteiger partial charge >= 0.3 is 0 Å². The van der Waals surface area contributed by atoms with E-state index in [1.807, 2.05) is 0 Å². The zero-order valence-corrected chi connectivity index (χ0v) is 10.3. The van der Waals surface area contributed by atoms with Crippen molar-refractivity contribution in [3.05, 3.63) is 39.3 Å². The minimum atomic E-state index is -0.344. The molecule has 0 saturated heterocycles. The second kappa shape index (κ2) is 4.39. The molecule has 2 aromatic rings. The molecule has 1 heterocycles. The van der Waals surface area contributed by atoms with Crippen LogP contribution in [0.3, 0.4) is 0 Å². The van der Waals surface area contributed by atoms with Crippen LogP contribution in [0.4, 0.5) is 10.3 Å². The molecule has 7 heteroatoms. The SMILES string of the molecule is Nc1nc(Br)n(Cc2cc(F)ccc2Cl)n1. The van der Waals surface area contributed by atoms with Crippen LogP contribution in [0.5, 0.6) is 0 Å². The third-order valence-corrected chi connectivity index (χ3v) is 2.93. The number of aromatic nitrogens is 3. The average Bonchev–Trinajstić information content (AvgIpc) is 2.51. The van der Waals surface area contributed by atoms with Gasteiger partial charge in [0.2, 0.25) is 5.95 Å². The molecule has 0 aliphatic rings. The Bertz CT molecular complexity index is 528. The lowest BCUT2D eigenvalue weighted by molar-refractivity contribution is 0.617. The number of anilines is 1. The fourth-order valence-corrected chi connectivity index (χ4v) is 1.83. The molecular weight excluding hydrogens is 298 g/mol. The Morgan fingerprint density at radius 3 is 2.88 bits per heavy atom. The molecule has 0 saturated carbocycles. The number of nitrogen functional groups attached to an aromatic ring is 1. The predicted octanol–water partition coefficient (Wildman–Crippen LogP) is 2.46. The van der Waals surface area contributed by atoms with Crippen LogP contribution < -0.4 is 5.73 Å². The fraction of sp³-hybridized carbons (Fsp3) is 0.111. The van der Waals surface area contributed by atoms with Crippen molar-refractivity contribution in [2.45, 2.75) is 6.54 Å². The molecule has 0 spiro atoms. The molecule has 1 aromatic carbocycles. The molecule has 0 fully saturated rings. The maximum Gasteiger partial charge on any atom is 0.240 e. The van der Waals surface area contributed by atoms with E-state index in [1.165, 1.54) is 22.9 Å². The van der Waals surface area contributed by atoms with E-state index in [0.717, 1.165) is 0 Å². The molecule has 0 atom stereocenters. The minimum absolute atomic E-state index is 0.152. The number of rotatable bonds is 2. The number of hydrogen-bond acceptors (Lipinski definition) is 3. The number of benzene rings is 1. The van der Waals surface area contributed by atoms with Crippen LogP contribution in [0.2, 0.25) is 5.02 Å². The number of nitrogens with two attached hydrogens (primary N) is 1. The van der Waals surface area contributed by atoms with Crippen molar-refractivity contribution >= 4 is 33.5 Å². The quantitative estimate of drug-likeness (QED) is 0.927. The van der Waals surface area contributed by atoms with E-state index in [1.54, 1.807) is 0 Å². The van der Waals surface area contributed by atoms with E-state index in [2.05, 4.69) is 26.0 Å². The van der Waals surface area contributed by atoms with Crippen molar-refractivity contribution in [2.75, 3.05) is 5.73 Å². The first-order valence-corrected chi connectivity index (χ1v) is 5.53. The summed E-state index contributed by atoms with van der Waals surface area (Å²) in [5, 5.41) is 4.41. The lowest BCUT2D eigenvalue weighted by Gasteiger charge is -2.04. The van der Waals surface area contributed by atoms with E-state index >= 15 is 0 Å². The number of halogens is 3. The molecule has 2 N–H and O–H groups in total. The van der Waals surface area contributed by atoms with Gasteiger partial charge in [-0.05, 0) is 39.7 Å². The van der Waals surface area contributed by atoms with E-state index in [4.69, 9.17) is 17.3 Å². The highest BCUT2D eigenvalue weighted by Crippen LogP contribution is 2.19. The molecule has 0 unspecified atom stereocenters. The Morgan fingerprint density at radius 2 is 2.25 bits per heavy atom. The normalized spacial score (nSPS) is 10.7. The maximum atomic E-state index is 13.0. The largest absolute Gasteiger partial charge is 0.366 e. The summed E-state index contributed by atoms with van der Waals surface area (Å²) in [7, 11) is 0. The summed E-state index contributed by atoms with van der Waals surface area (Å²) in [4.78, 5) is 3.87. The Morgan fingerprint density at radius 1 is 1.50 bits per heavy atom. The summed E-state index contributed by atoms with van der Waals surface area (Å²) in [6.45, 7) is 0.307. The molecule has 1 aromatic heterocycles. The Hall–Kier alpha value is -1.14. The van der Waals surface area contributed by atoms with Crippen molar-refractivity contribution in [3.63, 3.8) is 0 Å². The first-order chi connectivity index (χ1) is 7.56. The third-order valence-electron chi connectivity index (χ3n) is 1.97. The second-order valence-corrected chi connectivity index (χ2v) is 4.25. The van der Waals surface area contributed by atoms with Gasteiger partial charge in [0.15, 0.2) is 4.73 Å². The molecule has 16 heavy (non-hydrogen) atoms. The molecule has 0 aliphatic heterocycles. The highest BCUT2D eigenvalue weighted by Gasteiger charge is 2.08. The van der Waals surface area contributed by atoms with Gasteiger partial charge in [-0.2, -0.15) is 4.98 Å². The molecule has 2 rings (SSSR count). The van der Waals surface area contributed by atoms with Crippen LogP contribution in [0.15, 0.2) is 22.9 Å². The van der Waals surface area contributed by atoms with Crippen molar-refractivity contribution in [2.24, 2.45) is 0 Å². The monoisotopic (exact) mass is 304 g/mol. The van der Waals surface area contributed by atoms with Crippen LogP contribution >= 0.6 is 27.5 Å². The van der Waals surface area contributed by atoms with E-state index in [0.29, 0.717) is 21.9 Å². The van der Waals surface area contributed by atoms with Gasteiger partial charge in [-0.1, -0.05) is 11.6 Å². The summed E-state index contributed by atoms with van der Waals surface area (Å²) in [6, 6.07) is 4.16. The summed E-state index contributed by atoms with van der Waals surface area (Å²) in [5.41, 5.74) is 6.04. The zero-order chi connectivity index (χ0) is 11.7. The van der Waals surface area contributed by atoms with Crippen LogP contribution in [0.1, 0.15) is 5.56 Å². The topological polar surface area (TPSA) is 56.7 Å². The zero-order valence-electron chi connectivity index (χ0n) is 7.99.